The third kappa shape index (κ3) is 9.28. The molecule has 4 N–H and O–H groups in total. The van der Waals surface area contributed by atoms with Crippen molar-refractivity contribution in [1.82, 2.24) is 35.1 Å². The smallest absolute Gasteiger partial charge is 0.249 e. The molecule has 16 nitrogen and oxygen atoms in total. The summed E-state index contributed by atoms with van der Waals surface area (Å²) in [7, 11) is -3.91. The predicted octanol–water partition coefficient (Wildman–Crippen LogP) is 4.43. The third-order valence-corrected chi connectivity index (χ3v) is 13.1. The number of likely N-dealkylation sites (tertiary alicyclic amines) is 1. The van der Waals surface area contributed by atoms with Gasteiger partial charge in [-0.3, -0.25) is 34.1 Å². The van der Waals surface area contributed by atoms with Crippen molar-refractivity contribution < 1.29 is 36.4 Å². The van der Waals surface area contributed by atoms with Crippen LogP contribution in [0.3, 0.4) is 0 Å². The first-order valence-corrected chi connectivity index (χ1v) is 22.3. The first-order valence-electron chi connectivity index (χ1n) is 20.6. The maximum Gasteiger partial charge on any atom is 0.249 e. The maximum atomic E-state index is 15.5. The van der Waals surface area contributed by atoms with Gasteiger partial charge in [-0.25, -0.2) is 32.2 Å². The molecule has 3 saturated heterocycles. The molecule has 3 aliphatic rings. The Bertz CT molecular complexity index is 2610. The predicted molar refractivity (Wildman–Crippen MR) is 228 cm³/mol. The highest BCUT2D eigenvalue weighted by molar-refractivity contribution is 7.92. The molecule has 0 bridgehead atoms. The molecule has 0 radical (unpaired) electrons. The number of sulfonamides is 1. The normalized spacial score (nSPS) is 17.9. The monoisotopic (exact) mass is 868 g/mol. The van der Waals surface area contributed by atoms with Crippen molar-refractivity contribution in [3.63, 3.8) is 0 Å². The van der Waals surface area contributed by atoms with Gasteiger partial charge in [0.2, 0.25) is 39.5 Å². The lowest BCUT2D eigenvalue weighted by Gasteiger charge is -2.37. The highest BCUT2D eigenvalue weighted by Gasteiger charge is 2.30. The minimum atomic E-state index is -3.91. The van der Waals surface area contributed by atoms with Crippen LogP contribution in [-0.2, 0) is 24.4 Å². The molecule has 3 amide bonds. The number of nitrogens with one attached hydrogen (secondary N) is 4. The number of imide groups is 1. The van der Waals surface area contributed by atoms with Crippen molar-refractivity contribution in [1.29, 1.82) is 0 Å². The second-order valence-electron chi connectivity index (χ2n) is 15.8. The summed E-state index contributed by atoms with van der Waals surface area (Å²) < 4.78 is 57.1. The van der Waals surface area contributed by atoms with Crippen molar-refractivity contribution in [3.8, 4) is 11.1 Å². The molecule has 1 unspecified atom stereocenters. The number of pyridine rings is 1. The average molecular weight is 869 g/mol. The number of fused-ring (bicyclic) bond motifs is 1. The highest BCUT2D eigenvalue weighted by atomic mass is 32.2. The lowest BCUT2D eigenvalue weighted by molar-refractivity contribution is -0.134. The number of hydrogen-bond donors (Lipinski definition) is 4. The van der Waals surface area contributed by atoms with Crippen molar-refractivity contribution in [2.24, 2.45) is 0 Å². The molecule has 0 spiro atoms. The molecule has 8 rings (SSSR count). The number of anilines is 3. The van der Waals surface area contributed by atoms with E-state index >= 15 is 4.39 Å². The van der Waals surface area contributed by atoms with E-state index in [0.717, 1.165) is 43.8 Å². The summed E-state index contributed by atoms with van der Waals surface area (Å²) in [6.45, 7) is 5.79. The van der Waals surface area contributed by atoms with Gasteiger partial charge in [0.15, 0.2) is 5.82 Å². The number of amides is 3. The van der Waals surface area contributed by atoms with Gasteiger partial charge in [-0.2, -0.15) is 0 Å². The highest BCUT2D eigenvalue weighted by Crippen LogP contribution is 2.31. The van der Waals surface area contributed by atoms with Crippen LogP contribution in [0.5, 0.6) is 0 Å². The second-order valence-corrected chi connectivity index (χ2v) is 17.7. The molecule has 324 valence electrons. The number of carbonyl (C=O) groups excluding carboxylic acids is 4. The van der Waals surface area contributed by atoms with Gasteiger partial charge in [-0.1, -0.05) is 19.1 Å². The molecule has 0 aliphatic carbocycles. The summed E-state index contributed by atoms with van der Waals surface area (Å²) in [4.78, 5) is 73.0. The fourth-order valence-electron chi connectivity index (χ4n) is 8.20. The fourth-order valence-corrected chi connectivity index (χ4v) is 9.33. The summed E-state index contributed by atoms with van der Waals surface area (Å²) in [5.41, 5.74) is 2.03. The number of piperazine rings is 1. The third-order valence-electron chi connectivity index (χ3n) is 11.6. The number of carbonyl (C=O) groups is 4. The Morgan fingerprint density at radius 3 is 2.29 bits per heavy atom. The van der Waals surface area contributed by atoms with E-state index < -0.39 is 44.7 Å². The van der Waals surface area contributed by atoms with Crippen LogP contribution in [0.25, 0.3) is 22.2 Å². The van der Waals surface area contributed by atoms with Gasteiger partial charge < -0.3 is 20.1 Å². The molecule has 19 heteroatoms. The van der Waals surface area contributed by atoms with Crippen LogP contribution < -0.4 is 20.3 Å². The number of H-pyrrole nitrogens is 1. The lowest BCUT2D eigenvalue weighted by atomic mass is 9.89. The van der Waals surface area contributed by atoms with E-state index in [-0.39, 0.29) is 35.5 Å². The zero-order valence-corrected chi connectivity index (χ0v) is 34.8. The van der Waals surface area contributed by atoms with E-state index in [9.17, 15) is 32.0 Å². The lowest BCUT2D eigenvalue weighted by Crippen LogP contribution is -2.52. The number of nitrogens with zero attached hydrogens (tertiary/aromatic N) is 6. The summed E-state index contributed by atoms with van der Waals surface area (Å²) >= 11 is 0. The molecule has 5 aromatic rings. The van der Waals surface area contributed by atoms with Crippen LogP contribution >= 0.6 is 0 Å². The van der Waals surface area contributed by atoms with Crippen LogP contribution in [0.1, 0.15) is 66.4 Å². The van der Waals surface area contributed by atoms with Gasteiger partial charge in [0.25, 0.3) is 0 Å². The van der Waals surface area contributed by atoms with Gasteiger partial charge in [-0.05, 0) is 80.6 Å². The molecule has 2 aromatic carbocycles. The summed E-state index contributed by atoms with van der Waals surface area (Å²) in [6, 6.07) is 11.1. The van der Waals surface area contributed by atoms with E-state index in [1.165, 1.54) is 11.8 Å². The molecule has 3 aromatic heterocycles. The summed E-state index contributed by atoms with van der Waals surface area (Å²) in [5, 5.41) is 5.89. The van der Waals surface area contributed by atoms with Crippen molar-refractivity contribution in [3.05, 3.63) is 95.6 Å². The van der Waals surface area contributed by atoms with Crippen molar-refractivity contribution in [2.45, 2.75) is 51.0 Å². The Morgan fingerprint density at radius 2 is 1.60 bits per heavy atom. The zero-order chi connectivity index (χ0) is 43.5. The van der Waals surface area contributed by atoms with Crippen LogP contribution in [-0.4, -0.2) is 119 Å². The van der Waals surface area contributed by atoms with Crippen LogP contribution in [0.15, 0.2) is 67.3 Å². The Morgan fingerprint density at radius 1 is 0.887 bits per heavy atom. The molecule has 62 heavy (non-hydrogen) atoms. The Labute approximate surface area is 356 Å². The first kappa shape index (κ1) is 42.4. The number of rotatable bonds is 13. The van der Waals surface area contributed by atoms with Crippen LogP contribution in [0, 0.1) is 11.6 Å². The van der Waals surface area contributed by atoms with E-state index in [1.807, 2.05) is 21.9 Å². The zero-order valence-electron chi connectivity index (χ0n) is 34.0. The summed E-state index contributed by atoms with van der Waals surface area (Å²) in [6.07, 6.45) is 9.05. The minimum Gasteiger partial charge on any atom is -0.374 e. The van der Waals surface area contributed by atoms with Gasteiger partial charge in [0, 0.05) is 85.2 Å². The number of ketones is 1. The fraction of sp³-hybridized carbons (Fsp3) is 0.372. The molecule has 3 fully saturated rings. The number of aromatic amines is 1. The molecule has 6 heterocycles. The SMILES string of the molecule is CCCS(=O)(=O)Nc1ccc(F)c(C(=O)c2c[nH]c3ncc(-c4cnc(N5CCN(C(=O)CN6CCC(c7ccc(NC8CCC(=O)NC8=O)cc7)CC6)CC5)nc4)cc23)c1F. The van der Waals surface area contributed by atoms with E-state index in [1.54, 1.807) is 31.6 Å². The number of halogens is 2. The maximum absolute atomic E-state index is 15.5. The quantitative estimate of drug-likeness (QED) is 0.0960. The Kier molecular flexibility index (Phi) is 12.3. The number of hydrogen-bond acceptors (Lipinski definition) is 12. The average Bonchev–Trinajstić information content (AvgIpc) is 3.70. The molecular formula is C43H46F2N10O6S. The van der Waals surface area contributed by atoms with Gasteiger partial charge in [0.1, 0.15) is 17.5 Å². The van der Waals surface area contributed by atoms with Crippen LogP contribution in [0.2, 0.25) is 0 Å². The van der Waals surface area contributed by atoms with Gasteiger partial charge >= 0.3 is 0 Å². The second kappa shape index (κ2) is 17.9. The van der Waals surface area contributed by atoms with E-state index in [0.29, 0.717) is 79.6 Å². The summed E-state index contributed by atoms with van der Waals surface area (Å²) in [5.74, 6) is -3.29. The van der Waals surface area contributed by atoms with Crippen molar-refractivity contribution >= 4 is 61.9 Å². The molecule has 3 aliphatic heterocycles. The van der Waals surface area contributed by atoms with Crippen LogP contribution in [0.4, 0.5) is 26.1 Å². The Hall–Kier alpha value is -6.34. The largest absolute Gasteiger partial charge is 0.374 e. The van der Waals surface area contributed by atoms with E-state index in [4.69, 9.17) is 0 Å². The molecule has 0 saturated carbocycles. The first-order chi connectivity index (χ1) is 29.9. The number of piperidine rings is 2. The van der Waals surface area contributed by atoms with E-state index in [2.05, 4.69) is 52.3 Å². The standard InChI is InChI=1S/C43H46F2N10O6S/c1-2-19-62(60,61)52-34-8-7-33(44)38(39(34)45)40(58)32-24-47-41-31(32)20-28(21-46-41)29-22-48-43(49-23-29)55-17-15-54(16-18-55)37(57)25-53-13-11-27(12-14-53)26-3-5-30(6-4-26)50-35-9-10-36(56)51-42(35)59/h3-8,20-24,27,35,50,52H,2,9-19,25H2,1H3,(H,46,47)(H,51,56,59). The van der Waals surface area contributed by atoms with Gasteiger partial charge in [-0.15, -0.1) is 0 Å². The van der Waals surface area contributed by atoms with Crippen molar-refractivity contribution in [2.75, 3.05) is 66.5 Å². The Balaban J connectivity index is 0.831. The topological polar surface area (TPSA) is 203 Å². The number of aromatic nitrogens is 4. The molecule has 1 atom stereocenters. The minimum absolute atomic E-state index is 0.0552. The molecular weight excluding hydrogens is 823 g/mol. The number of benzene rings is 2. The van der Waals surface area contributed by atoms with Gasteiger partial charge in [0.05, 0.1) is 23.5 Å².